The van der Waals surface area contributed by atoms with E-state index in [1.54, 1.807) is 6.08 Å². The van der Waals surface area contributed by atoms with Crippen molar-refractivity contribution in [1.29, 1.82) is 0 Å². The quantitative estimate of drug-likeness (QED) is 0.346. The molecule has 244 valence electrons. The second kappa shape index (κ2) is 19.8. The van der Waals surface area contributed by atoms with Gasteiger partial charge >= 0.3 is 0 Å². The van der Waals surface area contributed by atoms with E-state index >= 15 is 0 Å². The first kappa shape index (κ1) is 37.7. The van der Waals surface area contributed by atoms with Crippen molar-refractivity contribution in [1.82, 2.24) is 4.90 Å². The highest BCUT2D eigenvalue weighted by molar-refractivity contribution is 6.30. The average Bonchev–Trinajstić information content (AvgIpc) is 3.20. The van der Waals surface area contributed by atoms with E-state index in [4.69, 9.17) is 16.7 Å². The molecule has 4 unspecified atom stereocenters. The molecule has 1 fully saturated rings. The molecule has 1 N–H and O–H groups in total. The van der Waals surface area contributed by atoms with Crippen LogP contribution in [0.25, 0.3) is 5.70 Å². The second-order valence-electron chi connectivity index (χ2n) is 12.3. The molecule has 44 heavy (non-hydrogen) atoms. The van der Waals surface area contributed by atoms with E-state index in [2.05, 4.69) is 92.4 Å². The third kappa shape index (κ3) is 10.0. The summed E-state index contributed by atoms with van der Waals surface area (Å²) in [6.45, 7) is 21.8. The van der Waals surface area contributed by atoms with Crippen molar-refractivity contribution in [2.45, 2.75) is 91.9 Å². The topological polar surface area (TPSA) is 26.7 Å². The average molecular weight is 621 g/mol. The first-order valence-electron chi connectivity index (χ1n) is 17.1. The SMILES string of the molecule is C=C1c2ccc3c(c2)N(CC(c2ccc(Cl)cc2CCC)CC3)CC2CCC2C(C)/C=C/CCCN1C.C=CC.CC.CO. The van der Waals surface area contributed by atoms with E-state index in [9.17, 15) is 0 Å². The highest BCUT2D eigenvalue weighted by Gasteiger charge is 2.36. The minimum Gasteiger partial charge on any atom is -0.400 e. The van der Waals surface area contributed by atoms with E-state index in [-0.39, 0.29) is 0 Å². The lowest BCUT2D eigenvalue weighted by Crippen LogP contribution is -2.41. The number of aliphatic hydroxyl groups is 1. The predicted octanol–water partition coefficient (Wildman–Crippen LogP) is 10.6. The van der Waals surface area contributed by atoms with Crippen LogP contribution in [0.3, 0.4) is 0 Å². The molecular formula is C40H61ClN2O. The minimum atomic E-state index is 0.526. The summed E-state index contributed by atoms with van der Waals surface area (Å²) < 4.78 is 0. The van der Waals surface area contributed by atoms with Gasteiger partial charge in [0.2, 0.25) is 0 Å². The van der Waals surface area contributed by atoms with Crippen molar-refractivity contribution >= 4 is 23.0 Å². The summed E-state index contributed by atoms with van der Waals surface area (Å²) in [7, 11) is 3.20. The molecule has 0 radical (unpaired) electrons. The van der Waals surface area contributed by atoms with Gasteiger partial charge in [0.15, 0.2) is 0 Å². The number of hydrogen-bond acceptors (Lipinski definition) is 3. The van der Waals surface area contributed by atoms with Crippen molar-refractivity contribution in [2.24, 2.45) is 17.8 Å². The lowest BCUT2D eigenvalue weighted by molar-refractivity contribution is 0.139. The smallest absolute Gasteiger partial charge is 0.0408 e. The Balaban J connectivity index is 0.000000893. The fourth-order valence-corrected chi connectivity index (χ4v) is 7.17. The van der Waals surface area contributed by atoms with Crippen LogP contribution >= 0.6 is 11.6 Å². The van der Waals surface area contributed by atoms with Gasteiger partial charge < -0.3 is 14.9 Å². The fourth-order valence-electron chi connectivity index (χ4n) is 6.97. The van der Waals surface area contributed by atoms with Crippen LogP contribution < -0.4 is 4.90 Å². The van der Waals surface area contributed by atoms with Crippen LogP contribution in [0.4, 0.5) is 5.69 Å². The lowest BCUT2D eigenvalue weighted by Gasteiger charge is -2.44. The van der Waals surface area contributed by atoms with Crippen LogP contribution in [0.1, 0.15) is 101 Å². The highest BCUT2D eigenvalue weighted by atomic mass is 35.5. The Bertz CT molecular complexity index is 1190. The number of aryl methyl sites for hydroxylation is 2. The number of allylic oxidation sites excluding steroid dienone is 3. The first-order chi connectivity index (χ1) is 21.4. The maximum Gasteiger partial charge on any atom is 0.0408 e. The van der Waals surface area contributed by atoms with Crippen LogP contribution in [0.5, 0.6) is 0 Å². The van der Waals surface area contributed by atoms with E-state index in [1.807, 2.05) is 20.8 Å². The molecule has 0 amide bonds. The Kier molecular flexibility index (Phi) is 17.0. The summed E-state index contributed by atoms with van der Waals surface area (Å²) in [6, 6.07) is 13.8. The summed E-state index contributed by atoms with van der Waals surface area (Å²) >= 11 is 6.45. The van der Waals surface area contributed by atoms with Gasteiger partial charge in [-0.1, -0.05) is 88.7 Å². The van der Waals surface area contributed by atoms with Gasteiger partial charge in [0.1, 0.15) is 0 Å². The van der Waals surface area contributed by atoms with Crippen molar-refractivity contribution in [3.63, 3.8) is 0 Å². The highest BCUT2D eigenvalue weighted by Crippen LogP contribution is 2.44. The number of fused-ring (bicyclic) bond motifs is 2. The van der Waals surface area contributed by atoms with Gasteiger partial charge in [0, 0.05) is 56.1 Å². The number of benzene rings is 2. The largest absolute Gasteiger partial charge is 0.400 e. The number of rotatable bonds is 3. The van der Waals surface area contributed by atoms with Gasteiger partial charge in [-0.15, -0.1) is 6.58 Å². The molecular weight excluding hydrogens is 560 g/mol. The molecule has 2 heterocycles. The Morgan fingerprint density at radius 3 is 2.43 bits per heavy atom. The molecule has 5 rings (SSSR count). The van der Waals surface area contributed by atoms with Crippen LogP contribution in [0.15, 0.2) is 67.8 Å². The maximum absolute atomic E-state index is 7.00. The molecule has 0 spiro atoms. The monoisotopic (exact) mass is 620 g/mol. The third-order valence-corrected chi connectivity index (χ3v) is 9.63. The Morgan fingerprint density at radius 1 is 1.05 bits per heavy atom. The normalized spacial score (nSPS) is 23.6. The Hall–Kier alpha value is -2.49. The summed E-state index contributed by atoms with van der Waals surface area (Å²) in [6.07, 6.45) is 16.3. The van der Waals surface area contributed by atoms with Crippen molar-refractivity contribution in [3.05, 3.63) is 95.1 Å². The summed E-state index contributed by atoms with van der Waals surface area (Å²) in [5.41, 5.74) is 8.32. The van der Waals surface area contributed by atoms with Gasteiger partial charge in [-0.25, -0.2) is 0 Å². The van der Waals surface area contributed by atoms with E-state index in [1.165, 1.54) is 53.6 Å². The molecule has 0 saturated heterocycles. The zero-order chi connectivity index (χ0) is 32.6. The molecule has 2 bridgehead atoms. The number of hydrogen-bond donors (Lipinski definition) is 1. The predicted molar refractivity (Wildman–Crippen MR) is 196 cm³/mol. The molecule has 2 aromatic rings. The van der Waals surface area contributed by atoms with Gasteiger partial charge in [0.25, 0.3) is 0 Å². The molecule has 3 nitrogen and oxygen atoms in total. The fraction of sp³-hybridized carbons (Fsp3) is 0.550. The van der Waals surface area contributed by atoms with E-state index in [0.29, 0.717) is 11.8 Å². The van der Waals surface area contributed by atoms with Gasteiger partial charge in [-0.05, 0) is 110 Å². The number of halogens is 1. The Labute approximate surface area is 275 Å². The molecule has 3 aliphatic rings. The Morgan fingerprint density at radius 2 is 1.77 bits per heavy atom. The number of nitrogens with zero attached hydrogens (tertiary/aromatic N) is 2. The van der Waals surface area contributed by atoms with Crippen LogP contribution in [0.2, 0.25) is 5.02 Å². The number of aliphatic hydroxyl groups excluding tert-OH is 1. The summed E-state index contributed by atoms with van der Waals surface area (Å²) in [5, 5.41) is 7.87. The van der Waals surface area contributed by atoms with Gasteiger partial charge in [-0.3, -0.25) is 0 Å². The first-order valence-corrected chi connectivity index (χ1v) is 17.5. The van der Waals surface area contributed by atoms with Crippen molar-refractivity contribution in [3.8, 4) is 0 Å². The molecule has 1 saturated carbocycles. The zero-order valence-electron chi connectivity index (χ0n) is 28.9. The third-order valence-electron chi connectivity index (χ3n) is 9.40. The summed E-state index contributed by atoms with van der Waals surface area (Å²) in [4.78, 5) is 5.11. The standard InChI is InChI=1S/C34H45ClN2.C3H6.C2H6.CH4O/c1-5-9-28-20-31(35)16-18-33(28)30-14-12-26-11-13-27-21-34(26)37(23-30)22-29-15-17-32(29)24(2)10-7-6-8-19-36(4)25(27)3;1-3-2;2*1-2/h7,10-11,13,16,18,20-21,24,29-30,32H,3,5-6,8-9,12,14-15,17,19,22-23H2,1-2,4H3;3H,1H2,2H3;1-2H3;2H,1H3/b10-7+;;;. The van der Waals surface area contributed by atoms with Crippen LogP contribution in [-0.2, 0) is 12.8 Å². The van der Waals surface area contributed by atoms with Crippen molar-refractivity contribution < 1.29 is 5.11 Å². The van der Waals surface area contributed by atoms with Crippen LogP contribution in [0, 0.1) is 17.8 Å². The molecule has 1 aliphatic carbocycles. The molecule has 2 aromatic carbocycles. The molecule has 2 aliphatic heterocycles. The van der Waals surface area contributed by atoms with Gasteiger partial charge in [-0.2, -0.15) is 0 Å². The summed E-state index contributed by atoms with van der Waals surface area (Å²) in [5.74, 6) is 2.76. The van der Waals surface area contributed by atoms with E-state index < -0.39 is 0 Å². The van der Waals surface area contributed by atoms with Crippen LogP contribution in [-0.4, -0.2) is 43.8 Å². The maximum atomic E-state index is 7.00. The molecule has 4 atom stereocenters. The zero-order valence-corrected chi connectivity index (χ0v) is 29.7. The molecule has 4 heteroatoms. The molecule has 0 aromatic heterocycles. The van der Waals surface area contributed by atoms with Crippen molar-refractivity contribution in [2.75, 3.05) is 38.7 Å². The van der Waals surface area contributed by atoms with Gasteiger partial charge in [0.05, 0.1) is 0 Å². The minimum absolute atomic E-state index is 0.526. The lowest BCUT2D eigenvalue weighted by atomic mass is 9.67. The van der Waals surface area contributed by atoms with E-state index in [0.717, 1.165) is 75.0 Å². The second-order valence-corrected chi connectivity index (χ2v) is 12.7. The number of anilines is 1.